The normalized spacial score (nSPS) is 11.0. The summed E-state index contributed by atoms with van der Waals surface area (Å²) in [4.78, 5) is 2.27. The smallest absolute Gasteiger partial charge is 0.113 e. The first-order valence-corrected chi connectivity index (χ1v) is 13.6. The second kappa shape index (κ2) is 10.1. The Morgan fingerprint density at radius 1 is 0.528 bits per heavy atom. The molecule has 1 heterocycles. The van der Waals surface area contributed by atoms with Crippen LogP contribution in [-0.2, 0) is 5.33 Å². The number of para-hydroxylation sites is 2. The highest BCUT2D eigenvalue weighted by atomic mass is 79.9. The summed E-state index contributed by atoms with van der Waals surface area (Å²) in [5.74, 6) is 0. The van der Waals surface area contributed by atoms with Crippen LogP contribution in [0.1, 0.15) is 5.56 Å². The maximum Gasteiger partial charge on any atom is 0.113 e. The van der Waals surface area contributed by atoms with E-state index in [2.05, 4.69) is 139 Å². The maximum atomic E-state index is 4.68. The van der Waals surface area contributed by atoms with Crippen molar-refractivity contribution in [3.63, 3.8) is 0 Å². The third-order valence-electron chi connectivity index (χ3n) is 6.30. The number of hydrogen-bond acceptors (Lipinski definition) is 4. The Hall–Kier alpha value is -3.80. The Morgan fingerprint density at radius 3 is 1.44 bits per heavy atom. The fraction of sp³-hybridized carbons (Fsp3) is 0.0323. The average molecular weight is 549 g/mol. The summed E-state index contributed by atoms with van der Waals surface area (Å²) in [6, 6.07) is 42.5. The highest BCUT2D eigenvalue weighted by Crippen LogP contribution is 2.38. The summed E-state index contributed by atoms with van der Waals surface area (Å²) in [5, 5.41) is 0.849. The highest BCUT2D eigenvalue weighted by molar-refractivity contribution is 9.08. The van der Waals surface area contributed by atoms with E-state index in [0.29, 0.717) is 0 Å². The molecule has 3 nitrogen and oxygen atoms in total. The molecule has 0 saturated heterocycles. The number of rotatable bonds is 6. The lowest BCUT2D eigenvalue weighted by molar-refractivity contribution is 1.28. The van der Waals surface area contributed by atoms with Crippen molar-refractivity contribution >= 4 is 55.8 Å². The lowest BCUT2D eigenvalue weighted by Gasteiger charge is -2.25. The molecule has 0 aliphatic carbocycles. The van der Waals surface area contributed by atoms with E-state index in [9.17, 15) is 0 Å². The molecule has 0 atom stereocenters. The molecule has 36 heavy (non-hydrogen) atoms. The van der Waals surface area contributed by atoms with Gasteiger partial charge in [0.25, 0.3) is 0 Å². The number of fused-ring (bicyclic) bond motifs is 1. The van der Waals surface area contributed by atoms with Crippen molar-refractivity contribution in [2.45, 2.75) is 5.33 Å². The van der Waals surface area contributed by atoms with Gasteiger partial charge in [0.05, 0.1) is 11.7 Å². The molecular weight excluding hydrogens is 526 g/mol. The molecule has 0 amide bonds. The van der Waals surface area contributed by atoms with Crippen LogP contribution in [0.3, 0.4) is 0 Å². The molecule has 0 unspecified atom stereocenters. The van der Waals surface area contributed by atoms with Gasteiger partial charge in [0.2, 0.25) is 0 Å². The van der Waals surface area contributed by atoms with E-state index in [1.807, 2.05) is 12.1 Å². The molecule has 0 aliphatic heterocycles. The van der Waals surface area contributed by atoms with Crippen molar-refractivity contribution in [2.75, 3.05) is 4.90 Å². The fourth-order valence-electron chi connectivity index (χ4n) is 4.50. The number of hydrogen-bond donors (Lipinski definition) is 0. The predicted molar refractivity (Wildman–Crippen MR) is 156 cm³/mol. The summed E-state index contributed by atoms with van der Waals surface area (Å²) in [7, 11) is 0. The first kappa shape index (κ1) is 22.7. The quantitative estimate of drug-likeness (QED) is 0.194. The van der Waals surface area contributed by atoms with Crippen LogP contribution in [0.15, 0.2) is 121 Å². The van der Waals surface area contributed by atoms with Crippen LogP contribution in [0.4, 0.5) is 17.1 Å². The van der Waals surface area contributed by atoms with E-state index < -0.39 is 0 Å². The highest BCUT2D eigenvalue weighted by Gasteiger charge is 2.15. The first-order chi connectivity index (χ1) is 17.8. The van der Waals surface area contributed by atoms with Gasteiger partial charge in [-0.1, -0.05) is 101 Å². The molecule has 6 aromatic rings. The molecule has 0 saturated carbocycles. The van der Waals surface area contributed by atoms with Gasteiger partial charge < -0.3 is 4.90 Å². The summed E-state index contributed by atoms with van der Waals surface area (Å²) in [6.45, 7) is 0. The largest absolute Gasteiger partial charge is 0.311 e. The summed E-state index contributed by atoms with van der Waals surface area (Å²) < 4.78 is 9.34. The van der Waals surface area contributed by atoms with Gasteiger partial charge in [-0.15, -0.1) is 0 Å². The molecule has 0 spiro atoms. The van der Waals surface area contributed by atoms with Crippen molar-refractivity contribution < 1.29 is 0 Å². The molecule has 0 N–H and O–H groups in total. The van der Waals surface area contributed by atoms with Gasteiger partial charge >= 0.3 is 0 Å². The third kappa shape index (κ3) is 4.32. The Labute approximate surface area is 223 Å². The van der Waals surface area contributed by atoms with E-state index in [-0.39, 0.29) is 0 Å². The van der Waals surface area contributed by atoms with Crippen LogP contribution < -0.4 is 4.90 Å². The molecule has 0 radical (unpaired) electrons. The van der Waals surface area contributed by atoms with Crippen LogP contribution in [0.5, 0.6) is 0 Å². The minimum atomic E-state index is 0.849. The molecule has 174 valence electrons. The molecule has 5 heteroatoms. The maximum absolute atomic E-state index is 4.68. The Kier molecular flexibility index (Phi) is 6.33. The van der Waals surface area contributed by atoms with Gasteiger partial charge in [0, 0.05) is 33.5 Å². The fourth-order valence-corrected chi connectivity index (χ4v) is 5.44. The van der Waals surface area contributed by atoms with Crippen LogP contribution in [-0.4, -0.2) is 8.75 Å². The molecule has 0 bridgehead atoms. The van der Waals surface area contributed by atoms with Crippen molar-refractivity contribution in [3.05, 3.63) is 127 Å². The minimum absolute atomic E-state index is 0.849. The molecule has 1 aromatic heterocycles. The van der Waals surface area contributed by atoms with Gasteiger partial charge in [-0.25, -0.2) is 0 Å². The number of anilines is 3. The summed E-state index contributed by atoms with van der Waals surface area (Å²) in [6.07, 6.45) is 0. The average Bonchev–Trinajstić information content (AvgIpc) is 3.45. The van der Waals surface area contributed by atoms with Crippen LogP contribution in [0.2, 0.25) is 0 Å². The van der Waals surface area contributed by atoms with Crippen molar-refractivity contribution in [1.29, 1.82) is 0 Å². The Morgan fingerprint density at radius 2 is 0.972 bits per heavy atom. The molecule has 5 aromatic carbocycles. The van der Waals surface area contributed by atoms with E-state index >= 15 is 0 Å². The van der Waals surface area contributed by atoms with Gasteiger partial charge in [-0.2, -0.15) is 8.75 Å². The molecule has 0 fully saturated rings. The van der Waals surface area contributed by atoms with Gasteiger partial charge in [-0.3, -0.25) is 0 Å². The lowest BCUT2D eigenvalue weighted by Crippen LogP contribution is -2.09. The number of benzene rings is 5. The van der Waals surface area contributed by atoms with Crippen LogP contribution >= 0.6 is 27.7 Å². The number of alkyl halides is 1. The zero-order valence-corrected chi connectivity index (χ0v) is 21.8. The van der Waals surface area contributed by atoms with Crippen LogP contribution in [0, 0.1) is 0 Å². The van der Waals surface area contributed by atoms with Crippen molar-refractivity contribution in [2.24, 2.45) is 0 Å². The topological polar surface area (TPSA) is 29.0 Å². The summed E-state index contributed by atoms with van der Waals surface area (Å²) in [5.41, 5.74) is 11.0. The Bertz CT molecular complexity index is 1560. The SMILES string of the molecule is BrCc1ccc(-c2ccc(-c3ccc(N(c4ccccc4)c4ccccc4)cc3)c3nsnc23)cc1. The number of nitrogens with zero attached hydrogens (tertiary/aromatic N) is 3. The predicted octanol–water partition coefficient (Wildman–Crippen LogP) is 9.39. The number of aromatic nitrogens is 2. The van der Waals surface area contributed by atoms with Crippen LogP contribution in [0.25, 0.3) is 33.3 Å². The summed E-state index contributed by atoms with van der Waals surface area (Å²) >= 11 is 4.79. The number of halogens is 1. The Balaban J connectivity index is 1.39. The van der Waals surface area contributed by atoms with E-state index in [1.54, 1.807) is 0 Å². The third-order valence-corrected chi connectivity index (χ3v) is 7.48. The standard InChI is InChI=1S/C31H22BrN3S/c32-21-22-11-13-23(14-12-22)28-19-20-29(31-30(28)33-36-34-31)24-15-17-27(18-16-24)35(25-7-3-1-4-8-25)26-9-5-2-6-10-26/h1-20H,21H2. The zero-order chi connectivity index (χ0) is 24.3. The second-order valence-corrected chi connectivity index (χ2v) is 9.60. The minimum Gasteiger partial charge on any atom is -0.311 e. The van der Waals surface area contributed by atoms with Gasteiger partial charge in [0.15, 0.2) is 0 Å². The lowest BCUT2D eigenvalue weighted by atomic mass is 9.97. The van der Waals surface area contributed by atoms with Gasteiger partial charge in [-0.05, 0) is 53.1 Å². The molecular formula is C31H22BrN3S. The molecule has 6 rings (SSSR count). The first-order valence-electron chi connectivity index (χ1n) is 11.7. The van der Waals surface area contributed by atoms with Crippen molar-refractivity contribution in [1.82, 2.24) is 8.75 Å². The second-order valence-electron chi connectivity index (χ2n) is 8.51. The zero-order valence-electron chi connectivity index (χ0n) is 19.4. The van der Waals surface area contributed by atoms with E-state index in [4.69, 9.17) is 0 Å². The van der Waals surface area contributed by atoms with Gasteiger partial charge in [0.1, 0.15) is 11.0 Å². The monoisotopic (exact) mass is 547 g/mol. The van der Waals surface area contributed by atoms with E-state index in [0.717, 1.165) is 55.7 Å². The molecule has 0 aliphatic rings. The van der Waals surface area contributed by atoms with E-state index in [1.165, 1.54) is 17.3 Å². The van der Waals surface area contributed by atoms with Crippen molar-refractivity contribution in [3.8, 4) is 22.3 Å².